The van der Waals surface area contributed by atoms with Crippen LogP contribution in [0.2, 0.25) is 5.02 Å². The second-order valence-electron chi connectivity index (χ2n) is 8.90. The number of Topliss-reactive ketones (excluding diaryl/α,β-unsaturated/α-hetero) is 1. The molecule has 5 nitrogen and oxygen atoms in total. The predicted molar refractivity (Wildman–Crippen MR) is 136 cm³/mol. The number of halogens is 1. The van der Waals surface area contributed by atoms with Gasteiger partial charge in [-0.25, -0.2) is 4.99 Å². The molecule has 2 aliphatic heterocycles. The molecule has 3 unspecified atom stereocenters. The molecule has 2 heterocycles. The van der Waals surface area contributed by atoms with Crippen molar-refractivity contribution >= 4 is 45.8 Å². The first-order chi connectivity index (χ1) is 15.9. The van der Waals surface area contributed by atoms with Crippen molar-refractivity contribution in [2.24, 2.45) is 22.6 Å². The van der Waals surface area contributed by atoms with Crippen LogP contribution in [0.3, 0.4) is 0 Å². The van der Waals surface area contributed by atoms with Gasteiger partial charge in [-0.15, -0.1) is 0 Å². The summed E-state index contributed by atoms with van der Waals surface area (Å²) >= 11 is 7.68. The van der Waals surface area contributed by atoms with Gasteiger partial charge in [0.1, 0.15) is 5.25 Å². The molecule has 1 fully saturated rings. The predicted octanol–water partition coefficient (Wildman–Crippen LogP) is 5.65. The molecule has 2 N–H and O–H groups in total. The number of nitrogens with zero attached hydrogens (tertiary/aromatic N) is 2. The Morgan fingerprint density at radius 3 is 2.70 bits per heavy atom. The normalized spacial score (nSPS) is 23.6. The van der Waals surface area contributed by atoms with Crippen LogP contribution < -0.4 is 5.73 Å². The summed E-state index contributed by atoms with van der Waals surface area (Å²) in [6.07, 6.45) is 2.56. The number of likely N-dealkylation sites (tertiary alicyclic amines) is 1. The molecule has 0 radical (unpaired) electrons. The number of thioether (sulfide) groups is 1. The average molecular weight is 484 g/mol. The van der Waals surface area contributed by atoms with Gasteiger partial charge in [-0.05, 0) is 36.6 Å². The zero-order chi connectivity index (χ0) is 23.5. The van der Waals surface area contributed by atoms with Gasteiger partial charge in [0.15, 0.2) is 5.78 Å². The molecule has 2 aromatic rings. The molecule has 33 heavy (non-hydrogen) atoms. The van der Waals surface area contributed by atoms with Crippen LogP contribution in [-0.4, -0.2) is 40.8 Å². The molecule has 1 amide bonds. The molecule has 0 bridgehead atoms. The summed E-state index contributed by atoms with van der Waals surface area (Å²) in [7, 11) is 0. The topological polar surface area (TPSA) is 75.8 Å². The van der Waals surface area contributed by atoms with E-state index in [4.69, 9.17) is 22.3 Å². The lowest BCUT2D eigenvalue weighted by atomic mass is 9.85. The molecule has 0 saturated carbocycles. The van der Waals surface area contributed by atoms with Crippen LogP contribution in [0.1, 0.15) is 54.3 Å². The summed E-state index contributed by atoms with van der Waals surface area (Å²) in [5, 5.41) is 0.922. The Morgan fingerprint density at radius 1 is 1.27 bits per heavy atom. The third kappa shape index (κ3) is 5.18. The van der Waals surface area contributed by atoms with E-state index in [2.05, 4.69) is 6.92 Å². The molecule has 7 heteroatoms. The fourth-order valence-electron chi connectivity index (χ4n) is 4.61. The molecular formula is C26H30ClN3O2S. The highest BCUT2D eigenvalue weighted by Gasteiger charge is 2.37. The van der Waals surface area contributed by atoms with E-state index in [0.29, 0.717) is 29.4 Å². The van der Waals surface area contributed by atoms with E-state index in [1.54, 1.807) is 18.2 Å². The number of ketones is 1. The van der Waals surface area contributed by atoms with Crippen molar-refractivity contribution in [3.05, 3.63) is 64.7 Å². The van der Waals surface area contributed by atoms with Crippen molar-refractivity contribution in [3.8, 4) is 0 Å². The fourth-order valence-corrected chi connectivity index (χ4v) is 6.21. The summed E-state index contributed by atoms with van der Waals surface area (Å²) in [5.74, 6) is -0.198. The minimum absolute atomic E-state index is 0.0210. The standard InChI is InChI=1S/C26H30ClN3O2S/c1-3-7-20-16(2)23(31)21-14-18(27)10-11-22(21)29-25(20)33-24(17-8-5-4-6-9-17)26(32)30-13-12-19(28)15-30/h4-6,8-11,14,16,19-20,24H,3,7,12-13,15,28H2,1-2H3/t16?,19-,20?,24?/m0/s1. The van der Waals surface area contributed by atoms with Crippen molar-refractivity contribution in [3.63, 3.8) is 0 Å². The first kappa shape index (κ1) is 24.0. The highest BCUT2D eigenvalue weighted by Crippen LogP contribution is 2.42. The van der Waals surface area contributed by atoms with Gasteiger partial charge in [-0.3, -0.25) is 9.59 Å². The number of aliphatic imine (C=N–C) groups is 1. The molecule has 2 aromatic carbocycles. The number of fused-ring (bicyclic) bond motifs is 1. The molecule has 2 aliphatic rings. The van der Waals surface area contributed by atoms with Crippen LogP contribution in [0.15, 0.2) is 53.5 Å². The number of carbonyl (C=O) groups is 2. The van der Waals surface area contributed by atoms with Gasteiger partial charge in [0.25, 0.3) is 0 Å². The Bertz CT molecular complexity index is 1060. The van der Waals surface area contributed by atoms with Gasteiger partial charge in [0.05, 0.1) is 10.7 Å². The minimum atomic E-state index is -0.439. The second-order valence-corrected chi connectivity index (χ2v) is 10.5. The van der Waals surface area contributed by atoms with Crippen molar-refractivity contribution in [2.45, 2.75) is 44.4 Å². The second kappa shape index (κ2) is 10.4. The third-order valence-electron chi connectivity index (χ3n) is 6.49. The molecule has 0 aliphatic carbocycles. The van der Waals surface area contributed by atoms with E-state index < -0.39 is 5.25 Å². The summed E-state index contributed by atoms with van der Waals surface area (Å²) < 4.78 is 0. The highest BCUT2D eigenvalue weighted by atomic mass is 35.5. The van der Waals surface area contributed by atoms with Gasteiger partial charge < -0.3 is 10.6 Å². The number of rotatable bonds is 5. The number of nitrogens with two attached hydrogens (primary N) is 1. The molecular weight excluding hydrogens is 454 g/mol. The average Bonchev–Trinajstić information content (AvgIpc) is 3.23. The van der Waals surface area contributed by atoms with Crippen LogP contribution in [-0.2, 0) is 4.79 Å². The van der Waals surface area contributed by atoms with Crippen LogP contribution in [0.5, 0.6) is 0 Å². The first-order valence-electron chi connectivity index (χ1n) is 11.6. The zero-order valence-electron chi connectivity index (χ0n) is 19.0. The number of carbonyl (C=O) groups excluding carboxylic acids is 2. The molecule has 1 saturated heterocycles. The molecule has 174 valence electrons. The van der Waals surface area contributed by atoms with Crippen molar-refractivity contribution in [1.29, 1.82) is 0 Å². The van der Waals surface area contributed by atoms with Gasteiger partial charge in [-0.1, -0.05) is 74.0 Å². The maximum Gasteiger partial charge on any atom is 0.240 e. The Kier molecular flexibility index (Phi) is 7.57. The van der Waals surface area contributed by atoms with Crippen molar-refractivity contribution in [2.75, 3.05) is 13.1 Å². The van der Waals surface area contributed by atoms with E-state index in [9.17, 15) is 9.59 Å². The summed E-state index contributed by atoms with van der Waals surface area (Å²) in [4.78, 5) is 33.8. The Labute approximate surface area is 204 Å². The third-order valence-corrected chi connectivity index (χ3v) is 8.07. The van der Waals surface area contributed by atoms with Crippen LogP contribution in [0, 0.1) is 11.8 Å². The SMILES string of the molecule is CCCC1C(SC(C(=O)N2CC[C@H](N)C2)c2ccccc2)=Nc2ccc(Cl)cc2C(=O)C1C. The smallest absolute Gasteiger partial charge is 0.240 e. The van der Waals surface area contributed by atoms with E-state index in [1.807, 2.05) is 42.2 Å². The molecule has 4 atom stereocenters. The number of benzene rings is 2. The minimum Gasteiger partial charge on any atom is -0.340 e. The van der Waals surface area contributed by atoms with E-state index >= 15 is 0 Å². The lowest BCUT2D eigenvalue weighted by Crippen LogP contribution is -2.35. The lowest BCUT2D eigenvalue weighted by molar-refractivity contribution is -0.129. The van der Waals surface area contributed by atoms with Crippen molar-refractivity contribution in [1.82, 2.24) is 4.90 Å². The fraction of sp³-hybridized carbons (Fsp3) is 0.423. The van der Waals surface area contributed by atoms with Crippen molar-refractivity contribution < 1.29 is 9.59 Å². The quantitative estimate of drug-likeness (QED) is 0.595. The van der Waals surface area contributed by atoms with Crippen LogP contribution >= 0.6 is 23.4 Å². The number of hydrogen-bond acceptors (Lipinski definition) is 5. The van der Waals surface area contributed by atoms with E-state index in [1.165, 1.54) is 11.8 Å². The van der Waals surface area contributed by atoms with Crippen LogP contribution in [0.25, 0.3) is 0 Å². The lowest BCUT2D eigenvalue weighted by Gasteiger charge is -2.27. The van der Waals surface area contributed by atoms with E-state index in [0.717, 1.165) is 29.9 Å². The summed E-state index contributed by atoms with van der Waals surface area (Å²) in [6, 6.07) is 15.1. The van der Waals surface area contributed by atoms with Gasteiger partial charge >= 0.3 is 0 Å². The van der Waals surface area contributed by atoms with E-state index in [-0.39, 0.29) is 29.6 Å². The van der Waals surface area contributed by atoms with Crippen LogP contribution in [0.4, 0.5) is 5.69 Å². The largest absolute Gasteiger partial charge is 0.340 e. The Balaban J connectivity index is 1.75. The highest BCUT2D eigenvalue weighted by molar-refractivity contribution is 8.14. The first-order valence-corrected chi connectivity index (χ1v) is 12.8. The maximum absolute atomic E-state index is 13.7. The monoisotopic (exact) mass is 483 g/mol. The molecule has 0 spiro atoms. The summed E-state index contributed by atoms with van der Waals surface area (Å²) in [6.45, 7) is 5.32. The van der Waals surface area contributed by atoms with Gasteiger partial charge in [-0.2, -0.15) is 0 Å². The molecule has 4 rings (SSSR count). The summed E-state index contributed by atoms with van der Waals surface area (Å²) in [5.41, 5.74) is 8.21. The Hall–Kier alpha value is -2.15. The maximum atomic E-state index is 13.7. The van der Waals surface area contributed by atoms with Gasteiger partial charge in [0, 0.05) is 41.6 Å². The molecule has 0 aromatic heterocycles. The Morgan fingerprint density at radius 2 is 2.03 bits per heavy atom. The zero-order valence-corrected chi connectivity index (χ0v) is 20.6. The number of hydrogen-bond donors (Lipinski definition) is 1. The number of amides is 1. The van der Waals surface area contributed by atoms with Gasteiger partial charge in [0.2, 0.25) is 5.91 Å².